The molecule has 0 aliphatic heterocycles. The summed E-state index contributed by atoms with van der Waals surface area (Å²) in [6.45, 7) is 3.96. The second-order valence-electron chi connectivity index (χ2n) is 4.47. The maximum atomic E-state index is 11.6. The molecule has 0 fully saturated rings. The van der Waals surface area contributed by atoms with Crippen molar-refractivity contribution < 1.29 is 19.4 Å². The summed E-state index contributed by atoms with van der Waals surface area (Å²) in [5.74, 6) is 0.159. The lowest BCUT2D eigenvalue weighted by atomic mass is 10.0. The van der Waals surface area contributed by atoms with E-state index in [1.54, 1.807) is 12.1 Å². The number of carboxylic acid groups (broad SMARTS) is 1. The average molecular weight is 284 g/mol. The number of hydrogen-bond donors (Lipinski definition) is 1. The zero-order valence-electron chi connectivity index (χ0n) is 11.4. The zero-order valence-corrected chi connectivity index (χ0v) is 12.2. The zero-order chi connectivity index (χ0) is 14.6. The second-order valence-corrected chi connectivity index (χ2v) is 5.71. The Balaban J connectivity index is 3.34. The fraction of sp³-hybridized carbons (Fsp3) is 0.385. The van der Waals surface area contributed by atoms with Gasteiger partial charge in [-0.25, -0.2) is 4.79 Å². The van der Waals surface area contributed by atoms with E-state index in [-0.39, 0.29) is 5.92 Å². The summed E-state index contributed by atoms with van der Waals surface area (Å²) in [6.07, 6.45) is -1.12. The molecular weight excluding hydrogens is 266 g/mol. The lowest BCUT2D eigenvalue weighted by Gasteiger charge is -2.26. The van der Waals surface area contributed by atoms with E-state index in [2.05, 4.69) is 4.74 Å². The SMILES string of the molecule is COC(=O)S[N+](C)(C(=O)O)c1ccccc1C(C)C. The van der Waals surface area contributed by atoms with Gasteiger partial charge in [-0.2, -0.15) is 4.79 Å². The lowest BCUT2D eigenvalue weighted by Crippen LogP contribution is -2.44. The number of hydrogen-bond acceptors (Lipinski definition) is 4. The Morgan fingerprint density at radius 1 is 1.32 bits per heavy atom. The minimum absolute atomic E-state index is 0.159. The fourth-order valence-electron chi connectivity index (χ4n) is 1.74. The summed E-state index contributed by atoms with van der Waals surface area (Å²) in [5.41, 5.74) is 1.46. The van der Waals surface area contributed by atoms with Crippen molar-refractivity contribution in [1.29, 1.82) is 0 Å². The summed E-state index contributed by atoms with van der Waals surface area (Å²) in [5, 5.41) is 8.84. The highest BCUT2D eigenvalue weighted by Gasteiger charge is 2.42. The van der Waals surface area contributed by atoms with Crippen molar-refractivity contribution in [1.82, 2.24) is 3.89 Å². The molecule has 1 atom stereocenters. The molecule has 1 aromatic carbocycles. The molecule has 0 spiro atoms. The van der Waals surface area contributed by atoms with Crippen LogP contribution in [-0.4, -0.2) is 30.7 Å². The van der Waals surface area contributed by atoms with Crippen molar-refractivity contribution >= 4 is 29.0 Å². The molecule has 104 valence electrons. The first-order valence-corrected chi connectivity index (χ1v) is 6.57. The number of nitrogens with zero attached hydrogens (tertiary/aromatic N) is 1. The van der Waals surface area contributed by atoms with Gasteiger partial charge in [0, 0.05) is 11.6 Å². The Labute approximate surface area is 116 Å². The van der Waals surface area contributed by atoms with Crippen molar-refractivity contribution in [2.45, 2.75) is 19.8 Å². The van der Waals surface area contributed by atoms with E-state index in [0.29, 0.717) is 17.6 Å². The Morgan fingerprint density at radius 3 is 2.37 bits per heavy atom. The van der Waals surface area contributed by atoms with E-state index in [4.69, 9.17) is 0 Å². The molecule has 1 aromatic rings. The normalized spacial score (nSPS) is 13.9. The quantitative estimate of drug-likeness (QED) is 0.508. The number of amides is 1. The van der Waals surface area contributed by atoms with Crippen molar-refractivity contribution in [3.05, 3.63) is 29.8 Å². The molecule has 5 nitrogen and oxygen atoms in total. The smallest absolute Gasteiger partial charge is 0.457 e. The first-order chi connectivity index (χ1) is 8.82. The van der Waals surface area contributed by atoms with Crippen LogP contribution in [0.4, 0.5) is 15.3 Å². The van der Waals surface area contributed by atoms with Crippen LogP contribution in [0.25, 0.3) is 0 Å². The summed E-state index contributed by atoms with van der Waals surface area (Å²) in [7, 11) is 2.70. The minimum Gasteiger partial charge on any atom is -0.457 e. The molecular formula is C13H18NO4S+. The standard InChI is InChI=1S/C13H17NO4S/c1-9(2)10-7-5-6-8-11(10)14(3,12(15)16)19-13(17)18-4/h5-9H,1-4H3/p+1. The van der Waals surface area contributed by atoms with Gasteiger partial charge in [-0.05, 0) is 5.92 Å². The van der Waals surface area contributed by atoms with Gasteiger partial charge in [0.05, 0.1) is 14.2 Å². The van der Waals surface area contributed by atoms with Crippen LogP contribution < -0.4 is 3.89 Å². The monoisotopic (exact) mass is 284 g/mol. The fourth-order valence-corrected chi connectivity index (χ4v) is 2.46. The van der Waals surface area contributed by atoms with Gasteiger partial charge < -0.3 is 9.84 Å². The molecule has 19 heavy (non-hydrogen) atoms. The third-order valence-electron chi connectivity index (χ3n) is 2.81. The van der Waals surface area contributed by atoms with Crippen LogP contribution in [0, 0.1) is 0 Å². The summed E-state index contributed by atoms with van der Waals surface area (Å²) < 4.78 is 3.97. The number of quaternary nitrogens is 1. The highest BCUT2D eigenvalue weighted by atomic mass is 32.2. The molecule has 6 heteroatoms. The molecule has 1 rings (SSSR count). The van der Waals surface area contributed by atoms with Gasteiger partial charge in [-0.3, -0.25) is 0 Å². The molecule has 0 saturated heterocycles. The van der Waals surface area contributed by atoms with Gasteiger partial charge in [0.2, 0.25) is 11.9 Å². The molecule has 0 bridgehead atoms. The summed E-state index contributed by atoms with van der Waals surface area (Å²) in [4.78, 5) is 23.0. The van der Waals surface area contributed by atoms with Gasteiger partial charge in [0.1, 0.15) is 0 Å². The third kappa shape index (κ3) is 3.27. The number of carbonyl (C=O) groups is 2. The minimum atomic E-state index is -1.12. The predicted molar refractivity (Wildman–Crippen MR) is 76.3 cm³/mol. The van der Waals surface area contributed by atoms with Crippen LogP contribution in [0.2, 0.25) is 0 Å². The van der Waals surface area contributed by atoms with E-state index >= 15 is 0 Å². The summed E-state index contributed by atoms with van der Waals surface area (Å²) in [6, 6.07) is 7.21. The van der Waals surface area contributed by atoms with Gasteiger partial charge in [-0.15, -0.1) is 3.89 Å². The molecule has 0 aromatic heterocycles. The number of benzene rings is 1. The maximum Gasteiger partial charge on any atom is 0.531 e. The van der Waals surface area contributed by atoms with Gasteiger partial charge in [0.15, 0.2) is 5.69 Å². The number of para-hydroxylation sites is 1. The Bertz CT molecular complexity index is 489. The van der Waals surface area contributed by atoms with E-state index in [1.807, 2.05) is 26.0 Å². The third-order valence-corrected chi connectivity index (χ3v) is 3.84. The molecule has 1 amide bonds. The number of methoxy groups -OCH3 is 1. The average Bonchev–Trinajstić information content (AvgIpc) is 2.38. The first kappa shape index (κ1) is 15.5. The van der Waals surface area contributed by atoms with Crippen LogP contribution in [0.15, 0.2) is 24.3 Å². The van der Waals surface area contributed by atoms with E-state index < -0.39 is 15.3 Å². The topological polar surface area (TPSA) is 63.6 Å². The van der Waals surface area contributed by atoms with Gasteiger partial charge >= 0.3 is 11.4 Å². The summed E-state index contributed by atoms with van der Waals surface area (Å²) >= 11 is 0.617. The highest BCUT2D eigenvalue weighted by Crippen LogP contribution is 2.37. The van der Waals surface area contributed by atoms with Gasteiger partial charge in [0.25, 0.3) is 0 Å². The van der Waals surface area contributed by atoms with Crippen molar-refractivity contribution in [2.75, 3.05) is 14.2 Å². The van der Waals surface area contributed by atoms with E-state index in [0.717, 1.165) is 5.56 Å². The maximum absolute atomic E-state index is 11.6. The van der Waals surface area contributed by atoms with E-state index in [9.17, 15) is 14.7 Å². The largest absolute Gasteiger partial charge is 0.531 e. The molecule has 0 radical (unpaired) electrons. The van der Waals surface area contributed by atoms with Crippen LogP contribution >= 0.6 is 11.9 Å². The Morgan fingerprint density at radius 2 is 1.89 bits per heavy atom. The van der Waals surface area contributed by atoms with E-state index in [1.165, 1.54) is 14.2 Å². The van der Waals surface area contributed by atoms with Gasteiger partial charge in [-0.1, -0.05) is 32.0 Å². The lowest BCUT2D eigenvalue weighted by molar-refractivity contribution is 0.178. The molecule has 1 N–H and O–H groups in total. The van der Waals surface area contributed by atoms with Crippen LogP contribution in [0.3, 0.4) is 0 Å². The Kier molecular flexibility index (Phi) is 4.97. The number of rotatable bonds is 2. The molecule has 0 aliphatic rings. The molecule has 0 saturated carbocycles. The molecule has 1 unspecified atom stereocenters. The first-order valence-electron chi connectivity index (χ1n) is 5.80. The molecule has 0 aliphatic carbocycles. The molecule has 0 heterocycles. The van der Waals surface area contributed by atoms with Crippen LogP contribution in [-0.2, 0) is 4.74 Å². The second kappa shape index (κ2) is 6.08. The number of ether oxygens (including phenoxy) is 1. The predicted octanol–water partition coefficient (Wildman–Crippen LogP) is 3.84. The Hall–Kier alpha value is -1.53. The van der Waals surface area contributed by atoms with Crippen molar-refractivity contribution in [3.63, 3.8) is 0 Å². The number of carbonyl (C=O) groups excluding carboxylic acids is 1. The van der Waals surface area contributed by atoms with Crippen LogP contribution in [0.5, 0.6) is 0 Å². The highest BCUT2D eigenvalue weighted by molar-refractivity contribution is 8.13. The van der Waals surface area contributed by atoms with Crippen molar-refractivity contribution in [2.24, 2.45) is 0 Å². The van der Waals surface area contributed by atoms with Crippen LogP contribution in [0.1, 0.15) is 25.3 Å². The van der Waals surface area contributed by atoms with Crippen molar-refractivity contribution in [3.8, 4) is 0 Å².